The molecule has 1 unspecified atom stereocenters. The van der Waals surface area contributed by atoms with E-state index in [0.29, 0.717) is 23.6 Å². The summed E-state index contributed by atoms with van der Waals surface area (Å²) in [6.07, 6.45) is 5.98. The van der Waals surface area contributed by atoms with Gasteiger partial charge in [0.25, 0.3) is 5.91 Å². The third kappa shape index (κ3) is 3.56. The molecule has 6 nitrogen and oxygen atoms in total. The van der Waals surface area contributed by atoms with E-state index in [0.717, 1.165) is 42.2 Å². The van der Waals surface area contributed by atoms with E-state index in [1.54, 1.807) is 0 Å². The molecule has 5 rings (SSSR count). The number of rotatable bonds is 5. The van der Waals surface area contributed by atoms with E-state index in [9.17, 15) is 4.79 Å². The van der Waals surface area contributed by atoms with Crippen LogP contribution in [0.5, 0.6) is 0 Å². The van der Waals surface area contributed by atoms with Crippen molar-refractivity contribution in [2.24, 2.45) is 11.8 Å². The largest absolute Gasteiger partial charge is 0.332 e. The van der Waals surface area contributed by atoms with Crippen LogP contribution in [0.25, 0.3) is 16.3 Å². The highest BCUT2D eigenvalue weighted by molar-refractivity contribution is 7.13. The molecule has 1 N–H and O–H groups in total. The normalized spacial score (nSPS) is 23.1. The van der Waals surface area contributed by atoms with Gasteiger partial charge in [-0.25, -0.2) is 9.67 Å². The maximum Gasteiger partial charge on any atom is 0.273 e. The summed E-state index contributed by atoms with van der Waals surface area (Å²) < 4.78 is 1.84. The molecule has 3 heterocycles. The van der Waals surface area contributed by atoms with Gasteiger partial charge in [-0.15, -0.1) is 11.3 Å². The zero-order chi connectivity index (χ0) is 20.7. The second-order valence-electron chi connectivity index (χ2n) is 8.66. The van der Waals surface area contributed by atoms with Crippen molar-refractivity contribution >= 4 is 17.2 Å². The number of amides is 1. The Hall–Kier alpha value is -2.51. The summed E-state index contributed by atoms with van der Waals surface area (Å²) in [6.45, 7) is 6.41. The molecule has 2 aliphatic rings. The third-order valence-electron chi connectivity index (χ3n) is 6.39. The average molecular weight is 422 g/mol. The number of para-hydroxylation sites is 1. The molecule has 0 radical (unpaired) electrons. The van der Waals surface area contributed by atoms with E-state index < -0.39 is 0 Å². The van der Waals surface area contributed by atoms with E-state index in [2.05, 4.69) is 29.2 Å². The van der Waals surface area contributed by atoms with Crippen molar-refractivity contribution in [3.8, 4) is 16.3 Å². The molecule has 1 saturated carbocycles. The van der Waals surface area contributed by atoms with Crippen molar-refractivity contribution in [3.63, 3.8) is 0 Å². The molecular formula is C23H27N5OS. The fraction of sp³-hybridized carbons (Fsp3) is 0.435. The minimum absolute atomic E-state index is 0.0564. The van der Waals surface area contributed by atoms with Crippen molar-refractivity contribution in [1.82, 2.24) is 25.0 Å². The van der Waals surface area contributed by atoms with Crippen molar-refractivity contribution in [1.29, 1.82) is 0 Å². The van der Waals surface area contributed by atoms with Crippen LogP contribution >= 0.6 is 11.3 Å². The zero-order valence-electron chi connectivity index (χ0n) is 17.4. The Morgan fingerprint density at radius 3 is 2.63 bits per heavy atom. The number of benzene rings is 1. The number of nitrogens with zero attached hydrogens (tertiary/aromatic N) is 4. The highest BCUT2D eigenvalue weighted by Gasteiger charge is 2.42. The van der Waals surface area contributed by atoms with Crippen LogP contribution < -0.4 is 5.32 Å². The summed E-state index contributed by atoms with van der Waals surface area (Å²) in [7, 11) is 0. The number of hydrogen-bond acceptors (Lipinski definition) is 5. The van der Waals surface area contributed by atoms with Gasteiger partial charge in [-0.05, 0) is 63.7 Å². The standard InChI is InChI=1S/C23H27N5OS/c1-15(2)28(20-8-16-10-24-11-17(16)9-20)23(29)21-14-30-22(26-21)18-12-25-27(13-18)19-6-4-3-5-7-19/h3-7,12-17,20,24H,8-11H2,1-2H3/t16-,17+,20?. The van der Waals surface area contributed by atoms with Crippen LogP contribution in [-0.4, -0.2) is 50.7 Å². The van der Waals surface area contributed by atoms with E-state index in [4.69, 9.17) is 4.98 Å². The number of thiazole rings is 1. The lowest BCUT2D eigenvalue weighted by atomic mass is 10.0. The van der Waals surface area contributed by atoms with E-state index >= 15 is 0 Å². The van der Waals surface area contributed by atoms with Gasteiger partial charge in [0, 0.05) is 29.2 Å². The van der Waals surface area contributed by atoms with Gasteiger partial charge in [0.2, 0.25) is 0 Å². The maximum absolute atomic E-state index is 13.4. The van der Waals surface area contributed by atoms with Gasteiger partial charge in [0.1, 0.15) is 10.7 Å². The number of fused-ring (bicyclic) bond motifs is 1. The summed E-state index contributed by atoms with van der Waals surface area (Å²) in [6, 6.07) is 10.5. The number of nitrogens with one attached hydrogen (secondary N) is 1. The molecule has 1 amide bonds. The number of carbonyl (C=O) groups excluding carboxylic acids is 1. The van der Waals surface area contributed by atoms with Crippen molar-refractivity contribution in [3.05, 3.63) is 53.8 Å². The van der Waals surface area contributed by atoms with Crippen LogP contribution in [0.3, 0.4) is 0 Å². The summed E-state index contributed by atoms with van der Waals surface area (Å²) in [5, 5.41) is 10.7. The first-order valence-electron chi connectivity index (χ1n) is 10.7. The molecule has 7 heteroatoms. The van der Waals surface area contributed by atoms with Gasteiger partial charge in [-0.3, -0.25) is 4.79 Å². The fourth-order valence-electron chi connectivity index (χ4n) is 4.98. The van der Waals surface area contributed by atoms with Gasteiger partial charge < -0.3 is 10.2 Å². The van der Waals surface area contributed by atoms with Crippen LogP contribution in [0.1, 0.15) is 37.2 Å². The summed E-state index contributed by atoms with van der Waals surface area (Å²) in [4.78, 5) is 20.2. The summed E-state index contributed by atoms with van der Waals surface area (Å²) in [5.74, 6) is 1.47. The summed E-state index contributed by atoms with van der Waals surface area (Å²) >= 11 is 1.51. The fourth-order valence-corrected chi connectivity index (χ4v) is 5.74. The first-order chi connectivity index (χ1) is 14.6. The van der Waals surface area contributed by atoms with E-state index in [1.807, 2.05) is 52.8 Å². The Labute approximate surface area is 180 Å². The first kappa shape index (κ1) is 19.5. The molecule has 30 heavy (non-hydrogen) atoms. The molecule has 3 atom stereocenters. The minimum Gasteiger partial charge on any atom is -0.332 e. The molecule has 2 fully saturated rings. The average Bonchev–Trinajstić information content (AvgIpc) is 3.50. The van der Waals surface area contributed by atoms with Gasteiger partial charge in [0.15, 0.2) is 0 Å². The van der Waals surface area contributed by atoms with Crippen LogP contribution in [0.4, 0.5) is 0 Å². The monoisotopic (exact) mass is 421 g/mol. The lowest BCUT2D eigenvalue weighted by Gasteiger charge is -2.33. The Balaban J connectivity index is 1.35. The number of aromatic nitrogens is 3. The molecule has 156 valence electrons. The Morgan fingerprint density at radius 2 is 1.93 bits per heavy atom. The SMILES string of the molecule is CC(C)N(C(=O)c1csc(-c2cnn(-c3ccccc3)c2)n1)C1C[C@H]2CNC[C@H]2C1. The topological polar surface area (TPSA) is 63.1 Å². The molecule has 2 aromatic heterocycles. The lowest BCUT2D eigenvalue weighted by molar-refractivity contribution is 0.0599. The maximum atomic E-state index is 13.4. The highest BCUT2D eigenvalue weighted by Crippen LogP contribution is 2.38. The molecule has 3 aromatic rings. The second kappa shape index (κ2) is 7.96. The molecular weight excluding hydrogens is 394 g/mol. The number of carbonyl (C=O) groups is 1. The molecule has 1 aliphatic heterocycles. The first-order valence-corrected chi connectivity index (χ1v) is 11.6. The minimum atomic E-state index is 0.0564. The van der Waals surface area contributed by atoms with Crippen molar-refractivity contribution < 1.29 is 4.79 Å². The van der Waals surface area contributed by atoms with Gasteiger partial charge in [-0.1, -0.05) is 18.2 Å². The van der Waals surface area contributed by atoms with Gasteiger partial charge in [0.05, 0.1) is 11.9 Å². The van der Waals surface area contributed by atoms with Crippen LogP contribution in [0.2, 0.25) is 0 Å². The molecule has 1 saturated heterocycles. The van der Waals surface area contributed by atoms with Crippen LogP contribution in [0.15, 0.2) is 48.1 Å². The van der Waals surface area contributed by atoms with Crippen LogP contribution in [0, 0.1) is 11.8 Å². The van der Waals surface area contributed by atoms with E-state index in [-0.39, 0.29) is 11.9 Å². The lowest BCUT2D eigenvalue weighted by Crippen LogP contribution is -2.44. The molecule has 1 aliphatic carbocycles. The van der Waals surface area contributed by atoms with Crippen molar-refractivity contribution in [2.45, 2.75) is 38.8 Å². The van der Waals surface area contributed by atoms with Gasteiger partial charge in [-0.2, -0.15) is 5.10 Å². The highest BCUT2D eigenvalue weighted by atomic mass is 32.1. The Kier molecular flexibility index (Phi) is 5.16. The molecule has 0 bridgehead atoms. The predicted octanol–water partition coefficient (Wildman–Crippen LogP) is 3.84. The Bertz CT molecular complexity index is 1020. The zero-order valence-corrected chi connectivity index (χ0v) is 18.2. The quantitative estimate of drug-likeness (QED) is 0.680. The third-order valence-corrected chi connectivity index (χ3v) is 7.28. The number of hydrogen-bond donors (Lipinski definition) is 1. The predicted molar refractivity (Wildman–Crippen MR) is 119 cm³/mol. The molecule has 1 aromatic carbocycles. The van der Waals surface area contributed by atoms with Gasteiger partial charge >= 0.3 is 0 Å². The Morgan fingerprint density at radius 1 is 1.20 bits per heavy atom. The van der Waals surface area contributed by atoms with E-state index in [1.165, 1.54) is 11.3 Å². The van der Waals surface area contributed by atoms with Crippen LogP contribution in [-0.2, 0) is 0 Å². The second-order valence-corrected chi connectivity index (χ2v) is 9.51. The van der Waals surface area contributed by atoms with Crippen molar-refractivity contribution in [2.75, 3.05) is 13.1 Å². The smallest absolute Gasteiger partial charge is 0.273 e. The molecule has 0 spiro atoms. The summed E-state index contributed by atoms with van der Waals surface area (Å²) in [5.41, 5.74) is 2.48.